The van der Waals surface area contributed by atoms with Gasteiger partial charge in [0.05, 0.1) is 0 Å². The molecule has 1 aliphatic heterocycles. The Labute approximate surface area is 119 Å². The van der Waals surface area contributed by atoms with Crippen molar-refractivity contribution in [2.75, 3.05) is 5.32 Å². The number of anilines is 1. The first-order valence-corrected chi connectivity index (χ1v) is 6.56. The van der Waals surface area contributed by atoms with Gasteiger partial charge in [0.1, 0.15) is 4.83 Å². The summed E-state index contributed by atoms with van der Waals surface area (Å²) in [7, 11) is 0. The molecule has 0 saturated carbocycles. The number of hydrogen-bond donors (Lipinski definition) is 1. The third kappa shape index (κ3) is 2.65. The van der Waals surface area contributed by atoms with Crippen molar-refractivity contribution in [3.05, 3.63) is 29.3 Å². The van der Waals surface area contributed by atoms with Crippen LogP contribution < -0.4 is 5.32 Å². The minimum absolute atomic E-state index is 0.178. The van der Waals surface area contributed by atoms with Gasteiger partial charge in [0, 0.05) is 12.1 Å². The highest BCUT2D eigenvalue weighted by Crippen LogP contribution is 2.49. The van der Waals surface area contributed by atoms with Gasteiger partial charge in [-0.1, -0.05) is 28.1 Å². The van der Waals surface area contributed by atoms with Gasteiger partial charge < -0.3 is 5.32 Å². The van der Waals surface area contributed by atoms with E-state index in [1.807, 2.05) is 0 Å². The summed E-state index contributed by atoms with van der Waals surface area (Å²) in [4.78, 5) is 8.98. The number of carbonyl (C=O) groups is 1. The standard InChI is InChI=1S/C12H9BrF5NO/c13-10(11(14,15)12(16,17)18)7-1-3-8-6(5-7)2-4-9(20)19-8/h1,3,5,10H,2,4H2,(H,19,20). The second-order valence-corrected chi connectivity index (χ2v) is 5.36. The van der Waals surface area contributed by atoms with Crippen LogP contribution in [0.15, 0.2) is 18.2 Å². The number of hydrogen-bond acceptors (Lipinski definition) is 1. The van der Waals surface area contributed by atoms with Crippen LogP contribution in [0.25, 0.3) is 0 Å². The molecule has 1 N–H and O–H groups in total. The quantitative estimate of drug-likeness (QED) is 0.623. The van der Waals surface area contributed by atoms with Crippen molar-refractivity contribution in [2.45, 2.75) is 29.8 Å². The lowest BCUT2D eigenvalue weighted by molar-refractivity contribution is -0.281. The zero-order valence-corrected chi connectivity index (χ0v) is 11.5. The molecule has 110 valence electrons. The Kier molecular flexibility index (Phi) is 3.79. The van der Waals surface area contributed by atoms with Crippen LogP contribution in [0.1, 0.15) is 22.4 Å². The van der Waals surface area contributed by atoms with Gasteiger partial charge in [-0.3, -0.25) is 4.79 Å². The van der Waals surface area contributed by atoms with Gasteiger partial charge in [0.15, 0.2) is 0 Å². The van der Waals surface area contributed by atoms with Crippen molar-refractivity contribution in [3.63, 3.8) is 0 Å². The Hall–Kier alpha value is -1.18. The molecule has 1 unspecified atom stereocenters. The predicted molar refractivity (Wildman–Crippen MR) is 66.1 cm³/mol. The first-order chi connectivity index (χ1) is 9.13. The Morgan fingerprint density at radius 3 is 2.40 bits per heavy atom. The average Bonchev–Trinajstić information content (AvgIpc) is 2.35. The van der Waals surface area contributed by atoms with Gasteiger partial charge >= 0.3 is 12.1 Å². The highest BCUT2D eigenvalue weighted by Gasteiger charge is 2.62. The summed E-state index contributed by atoms with van der Waals surface area (Å²) < 4.78 is 63.5. The number of nitrogens with one attached hydrogen (secondary N) is 1. The lowest BCUT2D eigenvalue weighted by Gasteiger charge is -2.26. The molecule has 1 aliphatic rings. The molecule has 1 aromatic carbocycles. The van der Waals surface area contributed by atoms with Crippen molar-refractivity contribution in [1.29, 1.82) is 0 Å². The predicted octanol–water partition coefficient (Wildman–Crippen LogP) is 4.20. The first kappa shape index (κ1) is 15.2. The highest BCUT2D eigenvalue weighted by atomic mass is 79.9. The molecule has 0 aromatic heterocycles. The van der Waals surface area contributed by atoms with Crippen LogP contribution in [-0.2, 0) is 11.2 Å². The molecule has 0 radical (unpaired) electrons. The van der Waals surface area contributed by atoms with Gasteiger partial charge in [-0.2, -0.15) is 22.0 Å². The molecule has 2 nitrogen and oxygen atoms in total. The first-order valence-electron chi connectivity index (χ1n) is 5.64. The van der Waals surface area contributed by atoms with E-state index in [2.05, 4.69) is 21.2 Å². The fourth-order valence-electron chi connectivity index (χ4n) is 1.91. The highest BCUT2D eigenvalue weighted by molar-refractivity contribution is 9.09. The molecule has 1 heterocycles. The minimum atomic E-state index is -5.63. The molecule has 2 rings (SSSR count). The number of alkyl halides is 6. The van der Waals surface area contributed by atoms with Gasteiger partial charge in [-0.25, -0.2) is 0 Å². The molecule has 20 heavy (non-hydrogen) atoms. The Balaban J connectivity index is 2.33. The van der Waals surface area contributed by atoms with Crippen LogP contribution in [0, 0.1) is 0 Å². The maximum atomic E-state index is 13.3. The van der Waals surface area contributed by atoms with Crippen molar-refractivity contribution >= 4 is 27.5 Å². The molecule has 0 aliphatic carbocycles. The summed E-state index contributed by atoms with van der Waals surface area (Å²) in [5.74, 6) is -5.08. The van der Waals surface area contributed by atoms with E-state index in [1.54, 1.807) is 0 Å². The molecule has 1 amide bonds. The van der Waals surface area contributed by atoms with E-state index < -0.39 is 16.9 Å². The van der Waals surface area contributed by atoms with E-state index in [1.165, 1.54) is 12.1 Å². The lowest BCUT2D eigenvalue weighted by atomic mass is 9.97. The number of benzene rings is 1. The fourth-order valence-corrected chi connectivity index (χ4v) is 2.46. The van der Waals surface area contributed by atoms with Gasteiger partial charge in [-0.05, 0) is 23.6 Å². The molecule has 0 saturated heterocycles. The summed E-state index contributed by atoms with van der Waals surface area (Å²) in [5.41, 5.74) is 0.812. The van der Waals surface area contributed by atoms with Gasteiger partial charge in [0.25, 0.3) is 0 Å². The summed E-state index contributed by atoms with van der Waals surface area (Å²) >= 11 is 2.43. The third-order valence-corrected chi connectivity index (χ3v) is 4.12. The number of aryl methyl sites for hydroxylation is 1. The number of halogens is 6. The van der Waals surface area contributed by atoms with Crippen LogP contribution >= 0.6 is 15.9 Å². The zero-order valence-electron chi connectivity index (χ0n) is 9.90. The SMILES string of the molecule is O=C1CCc2cc(C(Br)C(F)(F)C(F)(F)F)ccc2N1. The molecule has 0 bridgehead atoms. The van der Waals surface area contributed by atoms with Crippen molar-refractivity contribution in [1.82, 2.24) is 0 Å². The summed E-state index contributed by atoms with van der Waals surface area (Å²) in [6, 6.07) is 3.74. The number of carbonyl (C=O) groups excluding carboxylic acids is 1. The smallest absolute Gasteiger partial charge is 0.326 e. The third-order valence-electron chi connectivity index (χ3n) is 3.01. The van der Waals surface area contributed by atoms with E-state index in [4.69, 9.17) is 0 Å². The zero-order chi connectivity index (χ0) is 15.1. The Bertz CT molecular complexity index is 543. The van der Waals surface area contributed by atoms with Crippen LogP contribution in [-0.4, -0.2) is 18.0 Å². The monoisotopic (exact) mass is 357 g/mol. The Morgan fingerprint density at radius 2 is 1.80 bits per heavy atom. The minimum Gasteiger partial charge on any atom is -0.326 e. The molecule has 8 heteroatoms. The maximum absolute atomic E-state index is 13.3. The number of rotatable bonds is 2. The molecular weight excluding hydrogens is 349 g/mol. The summed E-state index contributed by atoms with van der Waals surface area (Å²) in [6.45, 7) is 0. The van der Waals surface area contributed by atoms with E-state index in [-0.39, 0.29) is 17.9 Å². The van der Waals surface area contributed by atoms with Crippen molar-refractivity contribution < 1.29 is 26.7 Å². The van der Waals surface area contributed by atoms with E-state index >= 15 is 0 Å². The van der Waals surface area contributed by atoms with E-state index in [9.17, 15) is 26.7 Å². The second-order valence-electron chi connectivity index (χ2n) is 4.45. The second kappa shape index (κ2) is 4.98. The number of amides is 1. The lowest BCUT2D eigenvalue weighted by Crippen LogP contribution is -2.40. The average molecular weight is 358 g/mol. The van der Waals surface area contributed by atoms with Gasteiger partial charge in [-0.15, -0.1) is 0 Å². The molecule has 0 spiro atoms. The van der Waals surface area contributed by atoms with Crippen molar-refractivity contribution in [3.8, 4) is 0 Å². The molecule has 0 fully saturated rings. The van der Waals surface area contributed by atoms with E-state index in [0.717, 1.165) is 6.07 Å². The maximum Gasteiger partial charge on any atom is 0.454 e. The van der Waals surface area contributed by atoms with Crippen LogP contribution in [0.2, 0.25) is 0 Å². The fraction of sp³-hybridized carbons (Fsp3) is 0.417. The topological polar surface area (TPSA) is 29.1 Å². The summed E-state index contributed by atoms with van der Waals surface area (Å²) in [5, 5.41) is 2.53. The van der Waals surface area contributed by atoms with Gasteiger partial charge in [0.2, 0.25) is 5.91 Å². The van der Waals surface area contributed by atoms with Crippen LogP contribution in [0.3, 0.4) is 0 Å². The van der Waals surface area contributed by atoms with Crippen LogP contribution in [0.4, 0.5) is 27.6 Å². The van der Waals surface area contributed by atoms with E-state index in [0.29, 0.717) is 17.7 Å². The number of fused-ring (bicyclic) bond motifs is 1. The Morgan fingerprint density at radius 1 is 1.15 bits per heavy atom. The van der Waals surface area contributed by atoms with Crippen molar-refractivity contribution in [2.24, 2.45) is 0 Å². The normalized spacial score (nSPS) is 17.4. The van der Waals surface area contributed by atoms with Crippen LogP contribution in [0.5, 0.6) is 0 Å². The molecular formula is C12H9BrF5NO. The summed E-state index contributed by atoms with van der Waals surface area (Å²) in [6.07, 6.45) is -5.14. The molecule has 1 aromatic rings. The molecule has 1 atom stereocenters. The largest absolute Gasteiger partial charge is 0.454 e.